The number of piperidine rings is 1. The van der Waals surface area contributed by atoms with Gasteiger partial charge in [-0.05, 0) is 79.7 Å². The Hall–Kier alpha value is -1.02. The zero-order valence-corrected chi connectivity index (χ0v) is 12.4. The molecule has 0 aromatic heterocycles. The van der Waals surface area contributed by atoms with Crippen LogP contribution in [0.2, 0.25) is 0 Å². The van der Waals surface area contributed by atoms with Crippen molar-refractivity contribution < 1.29 is 5.11 Å². The zero-order valence-electron chi connectivity index (χ0n) is 12.4. The fraction of sp³-hybridized carbons (Fsp3) is 0.667. The summed E-state index contributed by atoms with van der Waals surface area (Å²) in [6.07, 6.45) is 6.81. The molecule has 108 valence electrons. The number of nitrogens with zero attached hydrogens (tertiary/aromatic N) is 1. The average Bonchev–Trinajstić information content (AvgIpc) is 3.25. The van der Waals surface area contributed by atoms with Crippen LogP contribution in [0.25, 0.3) is 0 Å². The van der Waals surface area contributed by atoms with E-state index in [1.807, 2.05) is 12.1 Å². The molecule has 1 aromatic carbocycles. The van der Waals surface area contributed by atoms with Crippen molar-refractivity contribution in [2.45, 2.75) is 51.0 Å². The second kappa shape index (κ2) is 4.77. The van der Waals surface area contributed by atoms with Crippen molar-refractivity contribution in [3.63, 3.8) is 0 Å². The molecule has 1 aliphatic heterocycles. The molecule has 0 bridgehead atoms. The molecule has 3 aliphatic rings. The maximum Gasteiger partial charge on any atom is 0.115 e. The van der Waals surface area contributed by atoms with E-state index in [2.05, 4.69) is 17.9 Å². The van der Waals surface area contributed by atoms with Crippen molar-refractivity contribution in [3.05, 3.63) is 29.3 Å². The number of benzene rings is 1. The molecule has 2 heteroatoms. The Labute approximate surface area is 121 Å². The van der Waals surface area contributed by atoms with E-state index in [0.29, 0.717) is 11.7 Å². The molecule has 1 aromatic rings. The highest BCUT2D eigenvalue weighted by Gasteiger charge is 2.41. The molecule has 1 N–H and O–H groups in total. The summed E-state index contributed by atoms with van der Waals surface area (Å²) in [7, 11) is 0. The number of rotatable bonds is 2. The third-order valence-electron chi connectivity index (χ3n) is 5.83. The molecule has 2 fully saturated rings. The van der Waals surface area contributed by atoms with Gasteiger partial charge in [0.15, 0.2) is 0 Å². The average molecular weight is 271 g/mol. The molecule has 2 nitrogen and oxygen atoms in total. The van der Waals surface area contributed by atoms with Crippen LogP contribution in [-0.2, 0) is 6.42 Å². The molecule has 0 radical (unpaired) electrons. The molecule has 2 unspecified atom stereocenters. The first kappa shape index (κ1) is 12.7. The maximum atomic E-state index is 9.77. The summed E-state index contributed by atoms with van der Waals surface area (Å²) in [6.45, 7) is 5.01. The summed E-state index contributed by atoms with van der Waals surface area (Å²) in [4.78, 5) is 2.79. The normalized spacial score (nSPS) is 33.5. The van der Waals surface area contributed by atoms with E-state index in [1.54, 1.807) is 0 Å². The van der Waals surface area contributed by atoms with Gasteiger partial charge in [0.2, 0.25) is 0 Å². The number of phenols is 1. The summed E-state index contributed by atoms with van der Waals surface area (Å²) in [5.41, 5.74) is 2.87. The number of aromatic hydroxyl groups is 1. The lowest BCUT2D eigenvalue weighted by Crippen LogP contribution is -2.50. The first-order valence-electron chi connectivity index (χ1n) is 8.28. The lowest BCUT2D eigenvalue weighted by Gasteiger charge is -2.47. The van der Waals surface area contributed by atoms with Crippen LogP contribution in [-0.4, -0.2) is 29.1 Å². The third-order valence-corrected chi connectivity index (χ3v) is 5.83. The second-order valence-electron chi connectivity index (χ2n) is 7.19. The highest BCUT2D eigenvalue weighted by atomic mass is 16.3. The summed E-state index contributed by atoms with van der Waals surface area (Å²) in [6, 6.07) is 6.77. The zero-order chi connectivity index (χ0) is 13.7. The molecule has 2 aliphatic carbocycles. The fourth-order valence-electron chi connectivity index (χ4n) is 4.53. The molecular weight excluding hydrogens is 246 g/mol. The molecule has 4 rings (SSSR count). The minimum Gasteiger partial charge on any atom is -0.508 e. The van der Waals surface area contributed by atoms with E-state index >= 15 is 0 Å². The number of hydrogen-bond donors (Lipinski definition) is 1. The minimum atomic E-state index is 0.430. The van der Waals surface area contributed by atoms with Gasteiger partial charge in [0.25, 0.3) is 0 Å². The predicted octanol–water partition coefficient (Wildman–Crippen LogP) is 3.54. The first-order chi connectivity index (χ1) is 9.72. The molecule has 1 saturated heterocycles. The standard InChI is InChI=1S/C18H25NO/c1-12-16-3-2-8-19(11-13-4-5-13)18(16)9-14-6-7-15(20)10-17(12)14/h6-7,10,12-13,16,18,20H,2-5,8-9,11H2,1H3/t12-,16?,18?/m0/s1. The van der Waals surface area contributed by atoms with Crippen molar-refractivity contribution in [3.8, 4) is 5.75 Å². The van der Waals surface area contributed by atoms with E-state index < -0.39 is 0 Å². The van der Waals surface area contributed by atoms with E-state index in [-0.39, 0.29) is 0 Å². The Bertz CT molecular complexity index is 508. The van der Waals surface area contributed by atoms with Crippen LogP contribution in [0.4, 0.5) is 0 Å². The summed E-state index contributed by atoms with van der Waals surface area (Å²) >= 11 is 0. The van der Waals surface area contributed by atoms with Gasteiger partial charge in [0.05, 0.1) is 0 Å². The SMILES string of the molecule is C[C@@H]1c2cc(O)ccc2CC2C1CCCN2CC1CC1. The highest BCUT2D eigenvalue weighted by Crippen LogP contribution is 2.44. The number of hydrogen-bond acceptors (Lipinski definition) is 2. The van der Waals surface area contributed by atoms with Gasteiger partial charge < -0.3 is 5.11 Å². The largest absolute Gasteiger partial charge is 0.508 e. The van der Waals surface area contributed by atoms with Crippen molar-refractivity contribution in [1.82, 2.24) is 4.90 Å². The Kier molecular flexibility index (Phi) is 3.03. The van der Waals surface area contributed by atoms with Gasteiger partial charge in [0.1, 0.15) is 5.75 Å². The van der Waals surface area contributed by atoms with Crippen LogP contribution in [0.5, 0.6) is 5.75 Å². The van der Waals surface area contributed by atoms with Crippen molar-refractivity contribution in [1.29, 1.82) is 0 Å². The van der Waals surface area contributed by atoms with E-state index in [1.165, 1.54) is 56.3 Å². The smallest absolute Gasteiger partial charge is 0.115 e. The molecule has 0 spiro atoms. The van der Waals surface area contributed by atoms with Gasteiger partial charge in [-0.2, -0.15) is 0 Å². The lowest BCUT2D eigenvalue weighted by molar-refractivity contribution is 0.0681. The Morgan fingerprint density at radius 1 is 1.25 bits per heavy atom. The molecular formula is C18H25NO. The number of phenolic OH excluding ortho intramolecular Hbond substituents is 1. The molecule has 1 saturated carbocycles. The van der Waals surface area contributed by atoms with Crippen LogP contribution < -0.4 is 0 Å². The Morgan fingerprint density at radius 2 is 2.10 bits per heavy atom. The minimum absolute atomic E-state index is 0.430. The van der Waals surface area contributed by atoms with Crippen LogP contribution in [0.3, 0.4) is 0 Å². The maximum absolute atomic E-state index is 9.77. The van der Waals surface area contributed by atoms with Crippen molar-refractivity contribution in [2.75, 3.05) is 13.1 Å². The number of likely N-dealkylation sites (tertiary alicyclic amines) is 1. The Balaban J connectivity index is 1.64. The topological polar surface area (TPSA) is 23.5 Å². The second-order valence-corrected chi connectivity index (χ2v) is 7.19. The fourth-order valence-corrected chi connectivity index (χ4v) is 4.53. The van der Waals surface area contributed by atoms with Gasteiger partial charge in [-0.1, -0.05) is 13.0 Å². The molecule has 1 heterocycles. The summed E-state index contributed by atoms with van der Waals surface area (Å²) in [5.74, 6) is 2.81. The van der Waals surface area contributed by atoms with Crippen LogP contribution in [0, 0.1) is 11.8 Å². The van der Waals surface area contributed by atoms with Crippen LogP contribution >= 0.6 is 0 Å². The quantitative estimate of drug-likeness (QED) is 0.889. The van der Waals surface area contributed by atoms with E-state index in [4.69, 9.17) is 0 Å². The molecule has 3 atom stereocenters. The van der Waals surface area contributed by atoms with Gasteiger partial charge in [-0.3, -0.25) is 4.90 Å². The lowest BCUT2D eigenvalue weighted by atomic mass is 9.69. The van der Waals surface area contributed by atoms with E-state index in [9.17, 15) is 5.11 Å². The van der Waals surface area contributed by atoms with Gasteiger partial charge in [-0.15, -0.1) is 0 Å². The molecule has 0 amide bonds. The van der Waals surface area contributed by atoms with Crippen molar-refractivity contribution >= 4 is 0 Å². The van der Waals surface area contributed by atoms with Crippen molar-refractivity contribution in [2.24, 2.45) is 11.8 Å². The van der Waals surface area contributed by atoms with Crippen LogP contribution in [0.15, 0.2) is 18.2 Å². The van der Waals surface area contributed by atoms with E-state index in [0.717, 1.165) is 17.9 Å². The summed E-state index contributed by atoms with van der Waals surface area (Å²) < 4.78 is 0. The molecule has 20 heavy (non-hydrogen) atoms. The highest BCUT2D eigenvalue weighted by molar-refractivity contribution is 5.40. The number of fused-ring (bicyclic) bond motifs is 2. The predicted molar refractivity (Wildman–Crippen MR) is 81.0 cm³/mol. The monoisotopic (exact) mass is 271 g/mol. The summed E-state index contributed by atoms with van der Waals surface area (Å²) in [5, 5.41) is 9.77. The van der Waals surface area contributed by atoms with Gasteiger partial charge >= 0.3 is 0 Å². The first-order valence-corrected chi connectivity index (χ1v) is 8.28. The van der Waals surface area contributed by atoms with Gasteiger partial charge in [0, 0.05) is 12.6 Å². The third kappa shape index (κ3) is 2.14. The Morgan fingerprint density at radius 3 is 2.90 bits per heavy atom. The van der Waals surface area contributed by atoms with Gasteiger partial charge in [-0.25, -0.2) is 0 Å². The van der Waals surface area contributed by atoms with Crippen LogP contribution in [0.1, 0.15) is 49.7 Å².